The largest absolute Gasteiger partial charge is 0.465 e. The first-order chi connectivity index (χ1) is 10.9. The number of nitrogens with zero attached hydrogens (tertiary/aromatic N) is 1. The maximum atomic E-state index is 14.5. The van der Waals surface area contributed by atoms with E-state index in [9.17, 15) is 22.0 Å². The highest BCUT2D eigenvalue weighted by Crippen LogP contribution is 2.32. The second-order valence-electron chi connectivity index (χ2n) is 4.28. The first kappa shape index (κ1) is 17.2. The van der Waals surface area contributed by atoms with E-state index in [1.807, 2.05) is 0 Å². The normalized spacial score (nSPS) is 10.7. The molecule has 0 aliphatic rings. The highest BCUT2D eigenvalue weighted by Gasteiger charge is 2.25. The van der Waals surface area contributed by atoms with Gasteiger partial charge in [0.1, 0.15) is 11.4 Å². The molecule has 0 aliphatic carbocycles. The SMILES string of the molecule is COC(=O)c1c(F)ccc(N(c2cccc(Cl)c2)[SH](=O)=O)c1F. The number of hydrogen-bond acceptors (Lipinski definition) is 4. The van der Waals surface area contributed by atoms with E-state index in [1.54, 1.807) is 0 Å². The smallest absolute Gasteiger partial charge is 0.343 e. The molecule has 0 amide bonds. The Morgan fingerprint density at radius 2 is 1.91 bits per heavy atom. The van der Waals surface area contributed by atoms with E-state index in [1.165, 1.54) is 24.3 Å². The van der Waals surface area contributed by atoms with Gasteiger partial charge in [-0.1, -0.05) is 17.7 Å². The van der Waals surface area contributed by atoms with Gasteiger partial charge in [-0.2, -0.15) is 0 Å². The summed E-state index contributed by atoms with van der Waals surface area (Å²) in [5.74, 6) is -3.77. The lowest BCUT2D eigenvalue weighted by Crippen LogP contribution is -2.18. The Bertz CT molecular complexity index is 834. The maximum Gasteiger partial charge on any atom is 0.343 e. The van der Waals surface area contributed by atoms with Crippen LogP contribution in [-0.4, -0.2) is 21.5 Å². The minimum atomic E-state index is -3.33. The summed E-state index contributed by atoms with van der Waals surface area (Å²) in [6.07, 6.45) is 0. The summed E-state index contributed by atoms with van der Waals surface area (Å²) in [6, 6.07) is 7.31. The zero-order chi connectivity index (χ0) is 17.1. The minimum absolute atomic E-state index is 0.0370. The van der Waals surface area contributed by atoms with Crippen molar-refractivity contribution in [2.75, 3.05) is 11.4 Å². The van der Waals surface area contributed by atoms with Crippen molar-refractivity contribution in [2.24, 2.45) is 0 Å². The van der Waals surface area contributed by atoms with Gasteiger partial charge in [-0.25, -0.2) is 26.3 Å². The van der Waals surface area contributed by atoms with Crippen molar-refractivity contribution < 1.29 is 26.7 Å². The van der Waals surface area contributed by atoms with Crippen LogP contribution in [0.5, 0.6) is 0 Å². The van der Waals surface area contributed by atoms with E-state index in [2.05, 4.69) is 4.74 Å². The quantitative estimate of drug-likeness (QED) is 0.671. The Morgan fingerprint density at radius 1 is 1.22 bits per heavy atom. The number of ether oxygens (including phenoxy) is 1. The van der Waals surface area contributed by atoms with Crippen molar-refractivity contribution in [1.29, 1.82) is 0 Å². The number of anilines is 2. The molecule has 0 saturated carbocycles. The van der Waals surface area contributed by atoms with Crippen LogP contribution in [0.15, 0.2) is 36.4 Å². The molecular weight excluding hydrogens is 352 g/mol. The number of rotatable bonds is 4. The van der Waals surface area contributed by atoms with Gasteiger partial charge in [0, 0.05) is 5.02 Å². The Labute approximate surface area is 137 Å². The lowest BCUT2D eigenvalue weighted by atomic mass is 10.1. The molecule has 0 bridgehead atoms. The molecular formula is C14H10ClF2NO4S. The van der Waals surface area contributed by atoms with Gasteiger partial charge in [-0.05, 0) is 30.3 Å². The number of hydrogen-bond donors (Lipinski definition) is 1. The van der Waals surface area contributed by atoms with Crippen LogP contribution in [0.4, 0.5) is 20.2 Å². The van der Waals surface area contributed by atoms with E-state index in [0.29, 0.717) is 4.31 Å². The van der Waals surface area contributed by atoms with Crippen LogP contribution in [0.3, 0.4) is 0 Å². The first-order valence-corrected chi connectivity index (χ1v) is 7.64. The van der Waals surface area contributed by atoms with Crippen LogP contribution in [0, 0.1) is 11.6 Å². The van der Waals surface area contributed by atoms with Gasteiger partial charge in [-0.3, -0.25) is 0 Å². The lowest BCUT2D eigenvalue weighted by Gasteiger charge is -2.19. The van der Waals surface area contributed by atoms with E-state index in [-0.39, 0.29) is 10.7 Å². The molecule has 9 heteroatoms. The van der Waals surface area contributed by atoms with E-state index in [4.69, 9.17) is 11.6 Å². The molecule has 0 spiro atoms. The Morgan fingerprint density at radius 3 is 2.48 bits per heavy atom. The molecule has 2 rings (SSSR count). The van der Waals surface area contributed by atoms with Gasteiger partial charge in [0.15, 0.2) is 5.82 Å². The summed E-state index contributed by atoms with van der Waals surface area (Å²) in [5, 5.41) is 0.222. The van der Waals surface area contributed by atoms with Crippen LogP contribution < -0.4 is 4.31 Å². The van der Waals surface area contributed by atoms with Crippen molar-refractivity contribution in [1.82, 2.24) is 0 Å². The summed E-state index contributed by atoms with van der Waals surface area (Å²) in [5.41, 5.74) is -1.46. The third-order valence-corrected chi connectivity index (χ3v) is 3.91. The van der Waals surface area contributed by atoms with Gasteiger partial charge in [-0.15, -0.1) is 0 Å². The number of thiol groups is 1. The number of esters is 1. The molecule has 0 saturated heterocycles. The van der Waals surface area contributed by atoms with E-state index in [0.717, 1.165) is 19.2 Å². The highest BCUT2D eigenvalue weighted by molar-refractivity contribution is 7.74. The fraction of sp³-hybridized carbons (Fsp3) is 0.0714. The topological polar surface area (TPSA) is 63.7 Å². The monoisotopic (exact) mass is 361 g/mol. The second-order valence-corrected chi connectivity index (χ2v) is 5.59. The lowest BCUT2D eigenvalue weighted by molar-refractivity contribution is 0.0590. The number of benzene rings is 2. The van der Waals surface area contributed by atoms with Crippen LogP contribution >= 0.6 is 11.6 Å². The molecule has 0 N–H and O–H groups in total. The number of methoxy groups -OCH3 is 1. The highest BCUT2D eigenvalue weighted by atomic mass is 35.5. The van der Waals surface area contributed by atoms with Crippen molar-refractivity contribution in [3.05, 3.63) is 58.6 Å². The van der Waals surface area contributed by atoms with Crippen LogP contribution in [0.1, 0.15) is 10.4 Å². The summed E-state index contributed by atoms with van der Waals surface area (Å²) in [7, 11) is -2.38. The second kappa shape index (κ2) is 6.93. The van der Waals surface area contributed by atoms with E-state index < -0.39 is 39.7 Å². The summed E-state index contributed by atoms with van der Waals surface area (Å²) in [4.78, 5) is 11.5. The molecule has 5 nitrogen and oxygen atoms in total. The zero-order valence-electron chi connectivity index (χ0n) is 11.6. The van der Waals surface area contributed by atoms with Gasteiger partial charge >= 0.3 is 5.97 Å². The number of carbonyl (C=O) groups excluding carboxylic acids is 1. The van der Waals surface area contributed by atoms with Gasteiger partial charge < -0.3 is 4.74 Å². The van der Waals surface area contributed by atoms with Gasteiger partial charge in [0.25, 0.3) is 0 Å². The minimum Gasteiger partial charge on any atom is -0.465 e. The predicted molar refractivity (Wildman–Crippen MR) is 81.6 cm³/mol. The molecule has 0 atom stereocenters. The number of carbonyl (C=O) groups is 1. The fourth-order valence-electron chi connectivity index (χ4n) is 1.92. The molecule has 0 unspecified atom stereocenters. The molecule has 2 aromatic rings. The third kappa shape index (κ3) is 3.43. The van der Waals surface area contributed by atoms with E-state index >= 15 is 0 Å². The third-order valence-electron chi connectivity index (χ3n) is 2.90. The van der Waals surface area contributed by atoms with Crippen LogP contribution in [0.25, 0.3) is 0 Å². The standard InChI is InChI=1S/C14H10ClF2NO4S/c1-22-14(19)12-10(16)5-6-11(13(12)17)18(23(20)21)9-4-2-3-8(15)7-9/h2-7,23H,1H3. The molecule has 0 fully saturated rings. The van der Waals surface area contributed by atoms with Crippen LogP contribution in [-0.2, 0) is 15.6 Å². The van der Waals surface area contributed by atoms with Crippen molar-refractivity contribution >= 4 is 39.8 Å². The Kier molecular flexibility index (Phi) is 5.17. The molecule has 0 aromatic heterocycles. The average molecular weight is 362 g/mol. The summed E-state index contributed by atoms with van der Waals surface area (Å²) < 4.78 is 56.1. The van der Waals surface area contributed by atoms with Crippen LogP contribution in [0.2, 0.25) is 5.02 Å². The van der Waals surface area contributed by atoms with Crippen molar-refractivity contribution in [3.8, 4) is 0 Å². The Balaban J connectivity index is 2.69. The zero-order valence-corrected chi connectivity index (χ0v) is 13.3. The molecule has 0 heterocycles. The average Bonchev–Trinajstić information content (AvgIpc) is 2.49. The summed E-state index contributed by atoms with van der Waals surface area (Å²) in [6.45, 7) is 0. The van der Waals surface area contributed by atoms with Crippen molar-refractivity contribution in [2.45, 2.75) is 0 Å². The van der Waals surface area contributed by atoms with Crippen molar-refractivity contribution in [3.63, 3.8) is 0 Å². The first-order valence-electron chi connectivity index (χ1n) is 6.13. The Hall–Kier alpha value is -2.19. The molecule has 0 aliphatic heterocycles. The molecule has 0 radical (unpaired) electrons. The summed E-state index contributed by atoms with van der Waals surface area (Å²) >= 11 is 5.80. The maximum absolute atomic E-state index is 14.5. The molecule has 2 aromatic carbocycles. The van der Waals surface area contributed by atoms with Gasteiger partial charge in [0.05, 0.1) is 18.5 Å². The van der Waals surface area contributed by atoms with Gasteiger partial charge in [0.2, 0.25) is 10.9 Å². The molecule has 23 heavy (non-hydrogen) atoms. The molecule has 122 valence electrons. The fourth-order valence-corrected chi connectivity index (χ4v) is 2.75. The number of halogens is 3. The predicted octanol–water partition coefficient (Wildman–Crippen LogP) is 3.07.